The van der Waals surface area contributed by atoms with Gasteiger partial charge in [-0.05, 0) is 50.4 Å². The maximum atomic E-state index is 13.2. The molecule has 8 heteroatoms. The fourth-order valence-electron chi connectivity index (χ4n) is 5.14. The van der Waals surface area contributed by atoms with E-state index in [1.165, 1.54) is 5.56 Å². The molecule has 1 aliphatic carbocycles. The van der Waals surface area contributed by atoms with Gasteiger partial charge in [-0.2, -0.15) is 0 Å². The largest absolute Gasteiger partial charge is 0.337 e. The lowest BCUT2D eigenvalue weighted by molar-refractivity contribution is -0.133. The molecular formula is C24H28N6O2. The number of fused-ring (bicyclic) bond motifs is 2. The van der Waals surface area contributed by atoms with E-state index in [4.69, 9.17) is 4.98 Å². The quantitative estimate of drug-likeness (QED) is 0.682. The van der Waals surface area contributed by atoms with Crippen LogP contribution in [0.3, 0.4) is 0 Å². The summed E-state index contributed by atoms with van der Waals surface area (Å²) in [5.41, 5.74) is 4.49. The lowest BCUT2D eigenvalue weighted by Crippen LogP contribution is -2.40. The predicted octanol–water partition coefficient (Wildman–Crippen LogP) is 2.09. The summed E-state index contributed by atoms with van der Waals surface area (Å²) in [6.07, 6.45) is 8.47. The van der Waals surface area contributed by atoms with Crippen molar-refractivity contribution in [3.05, 3.63) is 63.5 Å². The molecule has 166 valence electrons. The van der Waals surface area contributed by atoms with Crippen molar-refractivity contribution in [2.24, 2.45) is 5.92 Å². The Labute approximate surface area is 186 Å². The van der Waals surface area contributed by atoms with Gasteiger partial charge in [0.2, 0.25) is 5.91 Å². The van der Waals surface area contributed by atoms with E-state index in [0.29, 0.717) is 36.6 Å². The van der Waals surface area contributed by atoms with Gasteiger partial charge in [-0.25, -0.2) is 9.50 Å². The Morgan fingerprint density at radius 2 is 2.00 bits per heavy atom. The van der Waals surface area contributed by atoms with Crippen LogP contribution in [0.15, 0.2) is 35.4 Å². The van der Waals surface area contributed by atoms with Crippen LogP contribution in [0, 0.1) is 5.92 Å². The topological polar surface area (TPSA) is 86.6 Å². The van der Waals surface area contributed by atoms with E-state index in [1.54, 1.807) is 4.52 Å². The number of carbonyl (C=O) groups is 1. The highest BCUT2D eigenvalue weighted by atomic mass is 16.2. The molecule has 6 rings (SSSR count). The van der Waals surface area contributed by atoms with Gasteiger partial charge in [-0.1, -0.05) is 6.07 Å². The zero-order chi connectivity index (χ0) is 21.7. The number of hydrogen-bond donors (Lipinski definition) is 1. The van der Waals surface area contributed by atoms with E-state index in [-0.39, 0.29) is 17.4 Å². The molecule has 1 amide bonds. The molecule has 0 radical (unpaired) electrons. The lowest BCUT2D eigenvalue weighted by Gasteiger charge is -2.31. The number of aromatic nitrogens is 4. The Balaban J connectivity index is 1.19. The molecule has 3 aromatic heterocycles. The molecule has 2 fully saturated rings. The molecular weight excluding hydrogens is 404 g/mol. The average molecular weight is 433 g/mol. The van der Waals surface area contributed by atoms with Crippen LogP contribution in [0.1, 0.15) is 54.1 Å². The molecule has 0 bridgehead atoms. The Morgan fingerprint density at radius 1 is 1.16 bits per heavy atom. The van der Waals surface area contributed by atoms with E-state index < -0.39 is 0 Å². The predicted molar refractivity (Wildman–Crippen MR) is 119 cm³/mol. The lowest BCUT2D eigenvalue weighted by atomic mass is 9.93. The first-order chi connectivity index (χ1) is 15.7. The Morgan fingerprint density at radius 3 is 2.75 bits per heavy atom. The van der Waals surface area contributed by atoms with Gasteiger partial charge < -0.3 is 4.90 Å². The number of nitrogens with one attached hydrogen (secondary N) is 1. The first kappa shape index (κ1) is 19.7. The second kappa shape index (κ2) is 7.85. The van der Waals surface area contributed by atoms with Gasteiger partial charge in [-0.3, -0.25) is 24.6 Å². The third-order valence-corrected chi connectivity index (χ3v) is 7.18. The maximum absolute atomic E-state index is 13.2. The fourth-order valence-corrected chi connectivity index (χ4v) is 5.14. The molecule has 2 aliphatic heterocycles. The number of piperidine rings is 1. The first-order valence-corrected chi connectivity index (χ1v) is 11.7. The van der Waals surface area contributed by atoms with Gasteiger partial charge in [-0.15, -0.1) is 0 Å². The third-order valence-electron chi connectivity index (χ3n) is 7.18. The van der Waals surface area contributed by atoms with Crippen LogP contribution in [-0.2, 0) is 24.3 Å². The van der Waals surface area contributed by atoms with Crippen molar-refractivity contribution in [3.63, 3.8) is 0 Å². The van der Waals surface area contributed by atoms with Crippen LogP contribution in [-0.4, -0.2) is 54.9 Å². The van der Waals surface area contributed by atoms with E-state index in [1.807, 2.05) is 29.4 Å². The zero-order valence-corrected chi connectivity index (χ0v) is 18.2. The molecule has 0 aromatic carbocycles. The minimum absolute atomic E-state index is 0.0569. The smallest absolute Gasteiger partial charge is 0.277 e. The Bertz CT molecular complexity index is 1200. The summed E-state index contributed by atoms with van der Waals surface area (Å²) in [6, 6.07) is 6.15. The van der Waals surface area contributed by atoms with Crippen molar-refractivity contribution >= 4 is 11.6 Å². The fraction of sp³-hybridized carbons (Fsp3) is 0.500. The van der Waals surface area contributed by atoms with Gasteiger partial charge in [0.1, 0.15) is 0 Å². The van der Waals surface area contributed by atoms with E-state index >= 15 is 0 Å². The summed E-state index contributed by atoms with van der Waals surface area (Å²) in [6.45, 7) is 4.02. The van der Waals surface area contributed by atoms with Crippen LogP contribution in [0.4, 0.5) is 0 Å². The molecule has 1 saturated heterocycles. The van der Waals surface area contributed by atoms with Crippen LogP contribution >= 0.6 is 0 Å². The highest BCUT2D eigenvalue weighted by molar-refractivity contribution is 5.81. The summed E-state index contributed by atoms with van der Waals surface area (Å²) in [5, 5.41) is 3.34. The van der Waals surface area contributed by atoms with Crippen LogP contribution in [0.2, 0.25) is 0 Å². The van der Waals surface area contributed by atoms with Crippen LogP contribution in [0.25, 0.3) is 5.65 Å². The molecule has 32 heavy (non-hydrogen) atoms. The van der Waals surface area contributed by atoms with Crippen LogP contribution < -0.4 is 5.56 Å². The van der Waals surface area contributed by atoms with Crippen molar-refractivity contribution in [2.45, 2.75) is 51.1 Å². The van der Waals surface area contributed by atoms with Crippen molar-refractivity contribution in [1.82, 2.24) is 29.4 Å². The molecule has 1 saturated carbocycles. The van der Waals surface area contributed by atoms with Crippen LogP contribution in [0.5, 0.6) is 0 Å². The van der Waals surface area contributed by atoms with E-state index in [0.717, 1.165) is 56.7 Å². The van der Waals surface area contributed by atoms with Gasteiger partial charge in [0, 0.05) is 55.5 Å². The summed E-state index contributed by atoms with van der Waals surface area (Å²) in [4.78, 5) is 39.0. The third kappa shape index (κ3) is 3.62. The number of amides is 1. The standard InChI is InChI=1S/C24H28N6O2/c31-23(18-3-4-18)29-11-7-20-19(15-29)24(32)30-22(26-20)12-21(27-30)17-5-9-28(10-6-17)14-16-2-1-8-25-13-16/h1-2,8,12-13,17-18,27H,3-7,9-11,14-15H2. The molecule has 3 aliphatic rings. The van der Waals surface area contributed by atoms with Crippen molar-refractivity contribution in [3.8, 4) is 0 Å². The van der Waals surface area contributed by atoms with Gasteiger partial charge in [0.15, 0.2) is 5.65 Å². The normalized spacial score (nSPS) is 19.9. The highest BCUT2D eigenvalue weighted by Gasteiger charge is 2.35. The summed E-state index contributed by atoms with van der Waals surface area (Å²) < 4.78 is 1.58. The second-order valence-electron chi connectivity index (χ2n) is 9.44. The Hall–Kier alpha value is -3.00. The molecule has 1 N–H and O–H groups in total. The van der Waals surface area contributed by atoms with Gasteiger partial charge in [0.25, 0.3) is 5.56 Å². The van der Waals surface area contributed by atoms with Crippen molar-refractivity contribution in [2.75, 3.05) is 19.6 Å². The average Bonchev–Trinajstić information content (AvgIpc) is 3.59. The molecule has 3 aromatic rings. The number of nitrogens with zero attached hydrogens (tertiary/aromatic N) is 5. The molecule has 0 spiro atoms. The number of rotatable bonds is 4. The number of hydrogen-bond acceptors (Lipinski definition) is 5. The summed E-state index contributed by atoms with van der Waals surface area (Å²) in [7, 11) is 0. The second-order valence-corrected chi connectivity index (χ2v) is 9.44. The molecule has 0 atom stereocenters. The van der Waals surface area contributed by atoms with E-state index in [9.17, 15) is 9.59 Å². The minimum Gasteiger partial charge on any atom is -0.337 e. The van der Waals surface area contributed by atoms with Gasteiger partial charge >= 0.3 is 0 Å². The summed E-state index contributed by atoms with van der Waals surface area (Å²) in [5.74, 6) is 0.772. The molecule has 0 unspecified atom stereocenters. The zero-order valence-electron chi connectivity index (χ0n) is 18.2. The van der Waals surface area contributed by atoms with E-state index in [2.05, 4.69) is 21.0 Å². The SMILES string of the molecule is O=C(C1CC1)N1CCc2nc3cc(C4CCN(Cc5cccnc5)CC4)[nH]n3c(=O)c2C1. The highest BCUT2D eigenvalue weighted by Crippen LogP contribution is 2.32. The molecule has 8 nitrogen and oxygen atoms in total. The number of likely N-dealkylation sites (tertiary alicyclic amines) is 1. The number of H-pyrrole nitrogens is 1. The maximum Gasteiger partial charge on any atom is 0.277 e. The monoisotopic (exact) mass is 432 g/mol. The number of carbonyl (C=O) groups excluding carboxylic acids is 1. The van der Waals surface area contributed by atoms with Gasteiger partial charge in [0.05, 0.1) is 17.8 Å². The Kier molecular flexibility index (Phi) is 4.82. The van der Waals surface area contributed by atoms with Crippen molar-refractivity contribution < 1.29 is 4.79 Å². The van der Waals surface area contributed by atoms with Crippen molar-refractivity contribution in [1.29, 1.82) is 0 Å². The minimum atomic E-state index is -0.0569. The molecule has 5 heterocycles. The number of pyridine rings is 1. The first-order valence-electron chi connectivity index (χ1n) is 11.7. The number of aromatic amines is 1. The summed E-state index contributed by atoms with van der Waals surface area (Å²) >= 11 is 0.